The second kappa shape index (κ2) is 5.85. The summed E-state index contributed by atoms with van der Waals surface area (Å²) in [5.74, 6) is 0. The van der Waals surface area contributed by atoms with Crippen molar-refractivity contribution >= 4 is 0 Å². The highest BCUT2D eigenvalue weighted by molar-refractivity contribution is 5.36. The molecule has 0 aliphatic carbocycles. The second-order valence-electron chi connectivity index (χ2n) is 6.08. The van der Waals surface area contributed by atoms with Gasteiger partial charge in [0.05, 0.1) is 12.1 Å². The molecule has 1 aromatic carbocycles. The van der Waals surface area contributed by atoms with Gasteiger partial charge in [0.2, 0.25) is 0 Å². The quantitative estimate of drug-likeness (QED) is 0.880. The van der Waals surface area contributed by atoms with Gasteiger partial charge in [-0.25, -0.2) is 0 Å². The minimum atomic E-state index is 0.0958. The second-order valence-corrected chi connectivity index (χ2v) is 6.08. The summed E-state index contributed by atoms with van der Waals surface area (Å²) in [6.45, 7) is 11.0. The van der Waals surface area contributed by atoms with Crippen LogP contribution in [-0.4, -0.2) is 20.3 Å². The van der Waals surface area contributed by atoms with Crippen LogP contribution >= 0.6 is 0 Å². The minimum absolute atomic E-state index is 0.0958. The molecule has 102 valence electrons. The van der Waals surface area contributed by atoms with Crippen LogP contribution < -0.4 is 5.32 Å². The molecule has 0 heterocycles. The Hall–Kier alpha value is -0.860. The van der Waals surface area contributed by atoms with Crippen molar-refractivity contribution in [2.24, 2.45) is 5.41 Å². The Morgan fingerprint density at radius 1 is 1.17 bits per heavy atom. The van der Waals surface area contributed by atoms with Gasteiger partial charge in [0.15, 0.2) is 0 Å². The number of aryl methyl sites for hydroxylation is 1. The lowest BCUT2D eigenvalue weighted by Gasteiger charge is -2.37. The van der Waals surface area contributed by atoms with Gasteiger partial charge in [-0.15, -0.1) is 0 Å². The van der Waals surface area contributed by atoms with Gasteiger partial charge in [-0.3, -0.25) is 0 Å². The fourth-order valence-electron chi connectivity index (χ4n) is 2.57. The first-order chi connectivity index (χ1) is 8.32. The van der Waals surface area contributed by atoms with Crippen LogP contribution in [0.3, 0.4) is 0 Å². The predicted octanol–water partition coefficient (Wildman–Crippen LogP) is 3.63. The molecule has 0 aromatic heterocycles. The van der Waals surface area contributed by atoms with Crippen molar-refractivity contribution in [2.75, 3.05) is 14.2 Å². The minimum Gasteiger partial charge on any atom is -0.379 e. The van der Waals surface area contributed by atoms with Gasteiger partial charge in [-0.05, 0) is 43.0 Å². The van der Waals surface area contributed by atoms with E-state index in [1.54, 1.807) is 7.11 Å². The number of nitrogens with one attached hydrogen (secondary N) is 1. The number of hydrogen-bond acceptors (Lipinski definition) is 2. The van der Waals surface area contributed by atoms with Gasteiger partial charge in [-0.2, -0.15) is 0 Å². The largest absolute Gasteiger partial charge is 0.379 e. The number of hydrogen-bond donors (Lipinski definition) is 1. The third-order valence-corrected chi connectivity index (χ3v) is 3.70. The molecule has 0 amide bonds. The third-order valence-electron chi connectivity index (χ3n) is 3.70. The van der Waals surface area contributed by atoms with Crippen LogP contribution in [0.5, 0.6) is 0 Å². The van der Waals surface area contributed by atoms with Gasteiger partial charge < -0.3 is 10.1 Å². The highest BCUT2D eigenvalue weighted by atomic mass is 16.5. The Morgan fingerprint density at radius 3 is 2.22 bits per heavy atom. The average Bonchev–Trinajstić information content (AvgIpc) is 2.28. The van der Waals surface area contributed by atoms with Crippen molar-refractivity contribution in [1.29, 1.82) is 0 Å². The molecule has 1 rings (SSSR count). The Labute approximate surface area is 112 Å². The summed E-state index contributed by atoms with van der Waals surface area (Å²) >= 11 is 0. The molecule has 0 saturated heterocycles. The van der Waals surface area contributed by atoms with Crippen LogP contribution in [0.2, 0.25) is 0 Å². The van der Waals surface area contributed by atoms with Crippen LogP contribution in [-0.2, 0) is 4.74 Å². The summed E-state index contributed by atoms with van der Waals surface area (Å²) in [4.78, 5) is 0. The van der Waals surface area contributed by atoms with E-state index >= 15 is 0 Å². The molecule has 18 heavy (non-hydrogen) atoms. The first-order valence-electron chi connectivity index (χ1n) is 6.59. The molecule has 1 aromatic rings. The Bertz CT molecular complexity index is 393. The van der Waals surface area contributed by atoms with Crippen molar-refractivity contribution in [3.8, 4) is 0 Å². The van der Waals surface area contributed by atoms with E-state index in [0.29, 0.717) is 0 Å². The van der Waals surface area contributed by atoms with Crippen LogP contribution in [0.15, 0.2) is 18.2 Å². The maximum atomic E-state index is 5.75. The van der Waals surface area contributed by atoms with Gasteiger partial charge in [0, 0.05) is 7.11 Å². The van der Waals surface area contributed by atoms with Gasteiger partial charge in [0.1, 0.15) is 0 Å². The monoisotopic (exact) mass is 249 g/mol. The Kier molecular flexibility index (Phi) is 4.94. The smallest absolute Gasteiger partial charge is 0.0814 e. The summed E-state index contributed by atoms with van der Waals surface area (Å²) in [7, 11) is 3.80. The standard InChI is InChI=1S/C16H27NO/c1-11-9-8-10-13(12(11)2)14(17-6)15(18-7)16(3,4)5/h8-10,14-15,17H,1-7H3. The SMILES string of the molecule is CNC(c1cccc(C)c1C)C(OC)C(C)(C)C. The molecule has 2 heteroatoms. The summed E-state index contributed by atoms with van der Waals surface area (Å²) < 4.78 is 5.75. The predicted molar refractivity (Wildman–Crippen MR) is 78.0 cm³/mol. The number of rotatable bonds is 4. The van der Waals surface area contributed by atoms with Gasteiger partial charge >= 0.3 is 0 Å². The van der Waals surface area contributed by atoms with E-state index in [9.17, 15) is 0 Å². The molecular formula is C16H27NO. The lowest BCUT2D eigenvalue weighted by molar-refractivity contribution is -0.0103. The summed E-state index contributed by atoms with van der Waals surface area (Å²) in [6, 6.07) is 6.69. The molecule has 2 unspecified atom stereocenters. The summed E-state index contributed by atoms with van der Waals surface area (Å²) in [5.41, 5.74) is 4.11. The zero-order chi connectivity index (χ0) is 13.9. The van der Waals surface area contributed by atoms with E-state index in [-0.39, 0.29) is 17.6 Å². The number of benzene rings is 1. The van der Waals surface area contributed by atoms with Gasteiger partial charge in [0.25, 0.3) is 0 Å². The molecule has 0 radical (unpaired) electrons. The van der Waals surface area contributed by atoms with E-state index < -0.39 is 0 Å². The van der Waals surface area contributed by atoms with E-state index in [1.807, 2.05) is 7.05 Å². The lowest BCUT2D eigenvalue weighted by Crippen LogP contribution is -2.40. The number of likely N-dealkylation sites (N-methyl/N-ethyl adjacent to an activating group) is 1. The van der Waals surface area contributed by atoms with Crippen LogP contribution in [0.1, 0.15) is 43.5 Å². The Balaban J connectivity index is 3.20. The Morgan fingerprint density at radius 2 is 1.78 bits per heavy atom. The molecular weight excluding hydrogens is 222 g/mol. The van der Waals surface area contributed by atoms with Crippen LogP contribution in [0, 0.1) is 19.3 Å². The first kappa shape index (κ1) is 15.2. The molecule has 0 bridgehead atoms. The molecule has 1 N–H and O–H groups in total. The highest BCUT2D eigenvalue weighted by Crippen LogP contribution is 2.34. The van der Waals surface area contributed by atoms with Gasteiger partial charge in [-0.1, -0.05) is 39.0 Å². The number of methoxy groups -OCH3 is 1. The van der Waals surface area contributed by atoms with E-state index in [0.717, 1.165) is 0 Å². The molecule has 2 atom stereocenters. The topological polar surface area (TPSA) is 21.3 Å². The number of ether oxygens (including phenoxy) is 1. The first-order valence-corrected chi connectivity index (χ1v) is 6.59. The fourth-order valence-corrected chi connectivity index (χ4v) is 2.57. The molecule has 0 aliphatic heterocycles. The normalized spacial score (nSPS) is 15.5. The molecule has 0 aliphatic rings. The lowest BCUT2D eigenvalue weighted by atomic mass is 9.80. The maximum absolute atomic E-state index is 5.75. The molecule has 2 nitrogen and oxygen atoms in total. The fraction of sp³-hybridized carbons (Fsp3) is 0.625. The van der Waals surface area contributed by atoms with Crippen molar-refractivity contribution in [2.45, 2.75) is 46.8 Å². The zero-order valence-electron chi connectivity index (χ0n) is 12.8. The summed E-state index contributed by atoms with van der Waals surface area (Å²) in [6.07, 6.45) is 0.142. The van der Waals surface area contributed by atoms with E-state index in [4.69, 9.17) is 4.74 Å². The van der Waals surface area contributed by atoms with Crippen LogP contribution in [0.25, 0.3) is 0 Å². The van der Waals surface area contributed by atoms with Crippen molar-refractivity contribution in [3.63, 3.8) is 0 Å². The highest BCUT2D eigenvalue weighted by Gasteiger charge is 2.33. The van der Waals surface area contributed by atoms with Crippen molar-refractivity contribution in [1.82, 2.24) is 5.32 Å². The zero-order valence-corrected chi connectivity index (χ0v) is 12.8. The average molecular weight is 249 g/mol. The third kappa shape index (κ3) is 3.12. The molecule has 0 saturated carbocycles. The van der Waals surface area contributed by atoms with Crippen molar-refractivity contribution in [3.05, 3.63) is 34.9 Å². The van der Waals surface area contributed by atoms with Crippen molar-refractivity contribution < 1.29 is 4.74 Å². The van der Waals surface area contributed by atoms with E-state index in [2.05, 4.69) is 58.1 Å². The molecule has 0 spiro atoms. The van der Waals surface area contributed by atoms with E-state index in [1.165, 1.54) is 16.7 Å². The van der Waals surface area contributed by atoms with Crippen LogP contribution in [0.4, 0.5) is 0 Å². The summed E-state index contributed by atoms with van der Waals surface area (Å²) in [5, 5.41) is 3.42. The molecule has 0 fully saturated rings. The maximum Gasteiger partial charge on any atom is 0.0814 e.